The standard InChI is InChI=1S/C54H40N4/c1-54(2)45-26-14-17-29-49(45)56(50-35-34-42(36-46(50)54)57-47-27-15-12-24-43(47)44-25-13-16-28-48(44)57)40-32-30-37(31-33-40)51-52(38-18-6-3-7-19-38)55-58(41-22-10-5-11-23-41)53(51)39-20-8-4-9-21-39/h3-36H,1-2H3. The molecule has 1 aliphatic rings. The van der Waals surface area contributed by atoms with Gasteiger partial charge in [0.15, 0.2) is 0 Å². The first-order chi connectivity index (χ1) is 28.6. The Kier molecular flexibility index (Phi) is 7.80. The van der Waals surface area contributed by atoms with Crippen molar-refractivity contribution in [1.29, 1.82) is 0 Å². The number of fused-ring (bicyclic) bond motifs is 5. The molecule has 0 N–H and O–H groups in total. The van der Waals surface area contributed by atoms with Crippen molar-refractivity contribution >= 4 is 38.9 Å². The van der Waals surface area contributed by atoms with Gasteiger partial charge in [0.05, 0.1) is 33.8 Å². The average molecular weight is 745 g/mol. The van der Waals surface area contributed by atoms with E-state index in [0.29, 0.717) is 0 Å². The van der Waals surface area contributed by atoms with Gasteiger partial charge in [-0.2, -0.15) is 5.10 Å². The van der Waals surface area contributed by atoms with Crippen molar-refractivity contribution in [3.8, 4) is 45.0 Å². The Morgan fingerprint density at radius 1 is 0.414 bits per heavy atom. The molecule has 11 rings (SSSR count). The number of hydrogen-bond donors (Lipinski definition) is 0. The van der Waals surface area contributed by atoms with Crippen LogP contribution >= 0.6 is 0 Å². The second kappa shape index (κ2) is 13.4. The lowest BCUT2D eigenvalue weighted by Gasteiger charge is -2.42. The summed E-state index contributed by atoms with van der Waals surface area (Å²) in [6, 6.07) is 74.1. The van der Waals surface area contributed by atoms with Crippen LogP contribution in [0.4, 0.5) is 17.1 Å². The second-order valence-corrected chi connectivity index (χ2v) is 15.6. The molecule has 2 aromatic heterocycles. The molecule has 58 heavy (non-hydrogen) atoms. The van der Waals surface area contributed by atoms with Crippen LogP contribution in [0, 0.1) is 0 Å². The van der Waals surface area contributed by atoms with Crippen molar-refractivity contribution in [2.75, 3.05) is 4.90 Å². The largest absolute Gasteiger partial charge is 0.310 e. The molecule has 0 bridgehead atoms. The summed E-state index contributed by atoms with van der Waals surface area (Å²) in [5.74, 6) is 0. The van der Waals surface area contributed by atoms with E-state index in [-0.39, 0.29) is 5.41 Å². The topological polar surface area (TPSA) is 26.0 Å². The van der Waals surface area contributed by atoms with Crippen molar-refractivity contribution in [1.82, 2.24) is 14.3 Å². The summed E-state index contributed by atoms with van der Waals surface area (Å²) in [5, 5.41) is 7.89. The molecule has 0 saturated carbocycles. The Morgan fingerprint density at radius 3 is 1.62 bits per heavy atom. The van der Waals surface area contributed by atoms with Crippen molar-refractivity contribution in [3.63, 3.8) is 0 Å². The van der Waals surface area contributed by atoms with Crippen LogP contribution in [0.3, 0.4) is 0 Å². The quantitative estimate of drug-likeness (QED) is 0.169. The first-order valence-electron chi connectivity index (χ1n) is 20.0. The van der Waals surface area contributed by atoms with Crippen LogP contribution in [-0.4, -0.2) is 14.3 Å². The zero-order valence-electron chi connectivity index (χ0n) is 32.4. The smallest absolute Gasteiger partial charge is 0.101 e. The fraction of sp³-hybridized carbons (Fsp3) is 0.0556. The highest BCUT2D eigenvalue weighted by molar-refractivity contribution is 6.09. The maximum atomic E-state index is 5.36. The molecule has 4 heteroatoms. The summed E-state index contributed by atoms with van der Waals surface area (Å²) in [6.45, 7) is 4.72. The molecule has 8 aromatic carbocycles. The van der Waals surface area contributed by atoms with Gasteiger partial charge < -0.3 is 9.47 Å². The number of rotatable bonds is 6. The van der Waals surface area contributed by atoms with Crippen LogP contribution in [-0.2, 0) is 5.41 Å². The second-order valence-electron chi connectivity index (χ2n) is 15.6. The SMILES string of the molecule is CC1(C)c2ccccc2N(c2ccc(-c3c(-c4ccccc4)nn(-c4ccccc4)c3-c3ccccc3)cc2)c2ccc(-n3c4ccccc4c4ccccc43)cc21. The molecular weight excluding hydrogens is 705 g/mol. The van der Waals surface area contributed by atoms with E-state index in [9.17, 15) is 0 Å². The summed E-state index contributed by atoms with van der Waals surface area (Å²) < 4.78 is 4.53. The van der Waals surface area contributed by atoms with Gasteiger partial charge in [-0.3, -0.25) is 0 Å². The fourth-order valence-corrected chi connectivity index (χ4v) is 9.19. The summed E-state index contributed by atoms with van der Waals surface area (Å²) in [7, 11) is 0. The summed E-state index contributed by atoms with van der Waals surface area (Å²) in [4.78, 5) is 2.44. The average Bonchev–Trinajstić information content (AvgIpc) is 3.85. The minimum absolute atomic E-state index is 0.238. The van der Waals surface area contributed by atoms with Crippen molar-refractivity contribution < 1.29 is 0 Å². The number of hydrogen-bond acceptors (Lipinski definition) is 2. The van der Waals surface area contributed by atoms with Gasteiger partial charge in [0.1, 0.15) is 5.69 Å². The lowest BCUT2D eigenvalue weighted by atomic mass is 9.73. The fourth-order valence-electron chi connectivity index (χ4n) is 9.19. The van der Waals surface area contributed by atoms with Gasteiger partial charge in [0.2, 0.25) is 0 Å². The molecule has 3 heterocycles. The normalized spacial score (nSPS) is 13.1. The van der Waals surface area contributed by atoms with E-state index < -0.39 is 0 Å². The van der Waals surface area contributed by atoms with Gasteiger partial charge in [0.25, 0.3) is 0 Å². The van der Waals surface area contributed by atoms with Crippen LogP contribution < -0.4 is 4.90 Å². The molecular formula is C54H40N4. The van der Waals surface area contributed by atoms with E-state index in [1.807, 2.05) is 0 Å². The number of para-hydroxylation sites is 4. The Morgan fingerprint density at radius 2 is 0.948 bits per heavy atom. The molecule has 0 unspecified atom stereocenters. The van der Waals surface area contributed by atoms with Crippen molar-refractivity contribution in [2.45, 2.75) is 19.3 Å². The molecule has 0 radical (unpaired) electrons. The predicted octanol–water partition coefficient (Wildman–Crippen LogP) is 14.1. The van der Waals surface area contributed by atoms with Crippen LogP contribution in [0.1, 0.15) is 25.0 Å². The Bertz CT molecular complexity index is 3070. The van der Waals surface area contributed by atoms with E-state index in [4.69, 9.17) is 5.10 Å². The van der Waals surface area contributed by atoms with Crippen LogP contribution in [0.25, 0.3) is 66.8 Å². The molecule has 0 aliphatic carbocycles. The lowest BCUT2D eigenvalue weighted by molar-refractivity contribution is 0.631. The third-order valence-electron chi connectivity index (χ3n) is 11.9. The molecule has 0 saturated heterocycles. The van der Waals surface area contributed by atoms with Gasteiger partial charge in [-0.1, -0.05) is 159 Å². The number of benzene rings is 8. The van der Waals surface area contributed by atoms with Crippen LogP contribution in [0.15, 0.2) is 206 Å². The minimum Gasteiger partial charge on any atom is -0.310 e. The molecule has 1 aliphatic heterocycles. The van der Waals surface area contributed by atoms with Gasteiger partial charge in [-0.15, -0.1) is 0 Å². The number of anilines is 3. The van der Waals surface area contributed by atoms with Gasteiger partial charge >= 0.3 is 0 Å². The zero-order chi connectivity index (χ0) is 38.8. The molecule has 0 amide bonds. The highest BCUT2D eigenvalue weighted by Gasteiger charge is 2.37. The van der Waals surface area contributed by atoms with Crippen LogP contribution in [0.5, 0.6) is 0 Å². The van der Waals surface area contributed by atoms with Crippen molar-refractivity contribution in [3.05, 3.63) is 217 Å². The molecule has 4 nitrogen and oxygen atoms in total. The molecule has 10 aromatic rings. The highest BCUT2D eigenvalue weighted by Crippen LogP contribution is 2.53. The van der Waals surface area contributed by atoms with Crippen LogP contribution in [0.2, 0.25) is 0 Å². The molecule has 276 valence electrons. The van der Waals surface area contributed by atoms with Gasteiger partial charge in [0, 0.05) is 44.3 Å². The monoisotopic (exact) mass is 744 g/mol. The third kappa shape index (κ3) is 5.26. The zero-order valence-corrected chi connectivity index (χ0v) is 32.4. The molecule has 0 fully saturated rings. The van der Waals surface area contributed by atoms with E-state index in [0.717, 1.165) is 50.7 Å². The summed E-state index contributed by atoms with van der Waals surface area (Å²) in [5.41, 5.74) is 16.9. The van der Waals surface area contributed by atoms with E-state index in [1.165, 1.54) is 44.3 Å². The Hall–Kier alpha value is -7.43. The van der Waals surface area contributed by atoms with Gasteiger partial charge in [-0.25, -0.2) is 4.68 Å². The van der Waals surface area contributed by atoms with E-state index in [2.05, 4.69) is 234 Å². The first-order valence-corrected chi connectivity index (χ1v) is 20.0. The summed E-state index contributed by atoms with van der Waals surface area (Å²) >= 11 is 0. The maximum absolute atomic E-state index is 5.36. The number of aromatic nitrogens is 3. The first kappa shape index (κ1) is 33.9. The summed E-state index contributed by atoms with van der Waals surface area (Å²) in [6.07, 6.45) is 0. The number of nitrogens with zero attached hydrogens (tertiary/aromatic N) is 4. The van der Waals surface area contributed by atoms with E-state index >= 15 is 0 Å². The minimum atomic E-state index is -0.238. The molecule has 0 spiro atoms. The Labute approximate surface area is 338 Å². The lowest BCUT2D eigenvalue weighted by Crippen LogP contribution is -2.30. The molecule has 0 atom stereocenters. The highest BCUT2D eigenvalue weighted by atomic mass is 15.3. The van der Waals surface area contributed by atoms with Crippen molar-refractivity contribution in [2.24, 2.45) is 0 Å². The predicted molar refractivity (Wildman–Crippen MR) is 241 cm³/mol. The third-order valence-corrected chi connectivity index (χ3v) is 11.9. The van der Waals surface area contributed by atoms with E-state index in [1.54, 1.807) is 0 Å². The van der Waals surface area contributed by atoms with Gasteiger partial charge in [-0.05, 0) is 77.4 Å². The maximum Gasteiger partial charge on any atom is 0.101 e. The Balaban J connectivity index is 1.09.